The minimum atomic E-state index is -0.0865. The maximum atomic E-state index is 12.6. The van der Waals surface area contributed by atoms with Crippen molar-refractivity contribution in [1.29, 1.82) is 0 Å². The molecule has 0 saturated carbocycles. The summed E-state index contributed by atoms with van der Waals surface area (Å²) >= 11 is 1.67. The summed E-state index contributed by atoms with van der Waals surface area (Å²) in [6.07, 6.45) is 1.74. The van der Waals surface area contributed by atoms with Gasteiger partial charge in [0.15, 0.2) is 0 Å². The van der Waals surface area contributed by atoms with Gasteiger partial charge in [-0.3, -0.25) is 4.79 Å². The van der Waals surface area contributed by atoms with Crippen LogP contribution in [0.3, 0.4) is 0 Å². The van der Waals surface area contributed by atoms with E-state index >= 15 is 0 Å². The molecule has 0 bridgehead atoms. The van der Waals surface area contributed by atoms with Crippen LogP contribution in [-0.2, 0) is 0 Å². The fourth-order valence-corrected chi connectivity index (χ4v) is 3.47. The van der Waals surface area contributed by atoms with Crippen LogP contribution in [0.1, 0.15) is 22.0 Å². The second-order valence-corrected chi connectivity index (χ2v) is 6.64. The average molecular weight is 343 g/mol. The molecule has 1 aromatic carbocycles. The molecular formula is C18H21N3O2S. The Morgan fingerprint density at radius 3 is 2.88 bits per heavy atom. The molecule has 0 radical (unpaired) electrons. The van der Waals surface area contributed by atoms with Gasteiger partial charge in [0.2, 0.25) is 0 Å². The molecule has 2 N–H and O–H groups in total. The fourth-order valence-electron chi connectivity index (χ4n) is 2.76. The van der Waals surface area contributed by atoms with Crippen LogP contribution < -0.4 is 10.1 Å². The van der Waals surface area contributed by atoms with E-state index in [1.807, 2.05) is 32.3 Å². The first-order valence-corrected chi connectivity index (χ1v) is 8.66. The predicted octanol–water partition coefficient (Wildman–Crippen LogP) is 3.27. The van der Waals surface area contributed by atoms with Crippen molar-refractivity contribution in [3.8, 4) is 5.75 Å². The van der Waals surface area contributed by atoms with E-state index in [0.717, 1.165) is 16.7 Å². The van der Waals surface area contributed by atoms with Crippen LogP contribution >= 0.6 is 11.3 Å². The van der Waals surface area contributed by atoms with Crippen LogP contribution in [0.15, 0.2) is 41.2 Å². The highest BCUT2D eigenvalue weighted by Gasteiger charge is 2.18. The summed E-state index contributed by atoms with van der Waals surface area (Å²) < 4.78 is 5.25. The third kappa shape index (κ3) is 3.29. The topological polar surface area (TPSA) is 57.4 Å². The highest BCUT2D eigenvalue weighted by Crippen LogP contribution is 2.24. The summed E-state index contributed by atoms with van der Waals surface area (Å²) in [6.45, 7) is 0.555. The highest BCUT2D eigenvalue weighted by atomic mass is 32.1. The van der Waals surface area contributed by atoms with Gasteiger partial charge in [-0.05, 0) is 54.7 Å². The number of thiophene rings is 1. The van der Waals surface area contributed by atoms with E-state index in [1.54, 1.807) is 24.6 Å². The lowest BCUT2D eigenvalue weighted by Gasteiger charge is -2.23. The van der Waals surface area contributed by atoms with Gasteiger partial charge in [-0.25, -0.2) is 0 Å². The Kier molecular flexibility index (Phi) is 4.87. The highest BCUT2D eigenvalue weighted by molar-refractivity contribution is 7.07. The lowest BCUT2D eigenvalue weighted by Crippen LogP contribution is -2.34. The number of methoxy groups -OCH3 is 1. The van der Waals surface area contributed by atoms with Crippen molar-refractivity contribution >= 4 is 28.1 Å². The summed E-state index contributed by atoms with van der Waals surface area (Å²) in [5, 5.41) is 8.09. The number of carbonyl (C=O) groups is 1. The van der Waals surface area contributed by atoms with Crippen molar-refractivity contribution in [2.24, 2.45) is 0 Å². The Balaban J connectivity index is 1.77. The van der Waals surface area contributed by atoms with Gasteiger partial charge >= 0.3 is 0 Å². The number of aromatic amines is 1. The van der Waals surface area contributed by atoms with Gasteiger partial charge < -0.3 is 19.9 Å². The number of ether oxygens (including phenoxy) is 1. The van der Waals surface area contributed by atoms with Crippen LogP contribution in [0.2, 0.25) is 0 Å². The summed E-state index contributed by atoms with van der Waals surface area (Å²) in [5.41, 5.74) is 2.76. The van der Waals surface area contributed by atoms with Crippen molar-refractivity contribution in [3.63, 3.8) is 0 Å². The number of nitrogens with zero attached hydrogens (tertiary/aromatic N) is 1. The van der Waals surface area contributed by atoms with Crippen molar-refractivity contribution in [3.05, 3.63) is 52.3 Å². The predicted molar refractivity (Wildman–Crippen MR) is 97.9 cm³/mol. The Morgan fingerprint density at radius 2 is 2.21 bits per heavy atom. The minimum Gasteiger partial charge on any atom is -0.497 e. The second kappa shape index (κ2) is 7.07. The first kappa shape index (κ1) is 16.5. The number of amides is 1. The molecule has 24 heavy (non-hydrogen) atoms. The number of likely N-dealkylation sites (N-methyl/N-ethyl adjacent to an activating group) is 1. The zero-order chi connectivity index (χ0) is 17.1. The normalized spacial score (nSPS) is 12.5. The molecule has 2 heterocycles. The van der Waals surface area contributed by atoms with Gasteiger partial charge in [0.25, 0.3) is 5.91 Å². The van der Waals surface area contributed by atoms with Crippen LogP contribution in [0.25, 0.3) is 10.9 Å². The molecule has 3 rings (SSSR count). The Labute approximate surface area is 145 Å². The molecule has 126 valence electrons. The van der Waals surface area contributed by atoms with Gasteiger partial charge in [0, 0.05) is 23.6 Å². The van der Waals surface area contributed by atoms with Gasteiger partial charge in [-0.15, -0.1) is 0 Å². The van der Waals surface area contributed by atoms with E-state index in [9.17, 15) is 4.79 Å². The molecule has 6 heteroatoms. The van der Waals surface area contributed by atoms with Crippen molar-refractivity contribution < 1.29 is 9.53 Å². The first-order valence-electron chi connectivity index (χ1n) is 7.72. The quantitative estimate of drug-likeness (QED) is 0.722. The number of rotatable bonds is 6. The molecule has 3 aromatic rings. The second-order valence-electron chi connectivity index (χ2n) is 5.86. The van der Waals surface area contributed by atoms with E-state index < -0.39 is 0 Å². The van der Waals surface area contributed by atoms with Crippen LogP contribution in [0.5, 0.6) is 5.75 Å². The SMILES string of the molecule is COc1ccc2[nH]cc(C(=O)NC[C@H](c3ccsc3)N(C)C)c2c1. The third-order valence-electron chi connectivity index (χ3n) is 4.14. The Bertz CT molecular complexity index is 824. The van der Waals surface area contributed by atoms with Crippen molar-refractivity contribution in [2.75, 3.05) is 27.7 Å². The van der Waals surface area contributed by atoms with E-state index in [2.05, 4.69) is 32.0 Å². The Hall–Kier alpha value is -2.31. The Morgan fingerprint density at radius 1 is 1.38 bits per heavy atom. The molecule has 1 atom stereocenters. The number of nitrogens with one attached hydrogen (secondary N) is 2. The molecule has 0 aliphatic heterocycles. The monoisotopic (exact) mass is 343 g/mol. The molecule has 0 spiro atoms. The number of H-pyrrole nitrogens is 1. The zero-order valence-electron chi connectivity index (χ0n) is 14.0. The third-order valence-corrected chi connectivity index (χ3v) is 4.84. The number of fused-ring (bicyclic) bond motifs is 1. The van der Waals surface area contributed by atoms with Crippen LogP contribution in [0, 0.1) is 0 Å². The number of aromatic nitrogens is 1. The maximum Gasteiger partial charge on any atom is 0.253 e. The van der Waals surface area contributed by atoms with Gasteiger partial charge in [-0.1, -0.05) is 0 Å². The molecule has 0 saturated heterocycles. The number of carbonyl (C=O) groups excluding carboxylic acids is 1. The molecular weight excluding hydrogens is 322 g/mol. The van der Waals surface area contributed by atoms with Gasteiger partial charge in [0.05, 0.1) is 18.7 Å². The largest absolute Gasteiger partial charge is 0.497 e. The molecule has 0 fully saturated rings. The number of hydrogen-bond donors (Lipinski definition) is 2. The maximum absolute atomic E-state index is 12.6. The van der Waals surface area contributed by atoms with E-state index in [-0.39, 0.29) is 11.9 Å². The van der Waals surface area contributed by atoms with Gasteiger partial charge in [0.1, 0.15) is 5.75 Å². The molecule has 2 aromatic heterocycles. The molecule has 5 nitrogen and oxygen atoms in total. The van der Waals surface area contributed by atoms with E-state index in [4.69, 9.17) is 4.74 Å². The van der Waals surface area contributed by atoms with Crippen molar-refractivity contribution in [2.45, 2.75) is 6.04 Å². The van der Waals surface area contributed by atoms with Gasteiger partial charge in [-0.2, -0.15) is 11.3 Å². The lowest BCUT2D eigenvalue weighted by atomic mass is 10.1. The summed E-state index contributed by atoms with van der Waals surface area (Å²) in [7, 11) is 5.66. The smallest absolute Gasteiger partial charge is 0.253 e. The summed E-state index contributed by atoms with van der Waals surface area (Å²) in [5.74, 6) is 0.650. The average Bonchev–Trinajstić information content (AvgIpc) is 3.23. The molecule has 0 aliphatic rings. The number of benzene rings is 1. The standard InChI is InChI=1S/C18H21N3O2S/c1-21(2)17(12-6-7-24-11-12)10-20-18(22)15-9-19-16-5-4-13(23-3)8-14(15)16/h4-9,11,17,19H,10H2,1-3H3,(H,20,22)/t17-/m1/s1. The first-order chi connectivity index (χ1) is 11.6. The fraction of sp³-hybridized carbons (Fsp3) is 0.278. The molecule has 1 amide bonds. The molecule has 0 aliphatic carbocycles. The van der Waals surface area contributed by atoms with E-state index in [0.29, 0.717) is 12.1 Å². The van der Waals surface area contributed by atoms with Crippen molar-refractivity contribution in [1.82, 2.24) is 15.2 Å². The van der Waals surface area contributed by atoms with E-state index in [1.165, 1.54) is 5.56 Å². The minimum absolute atomic E-state index is 0.0865. The summed E-state index contributed by atoms with van der Waals surface area (Å²) in [4.78, 5) is 17.9. The lowest BCUT2D eigenvalue weighted by molar-refractivity contribution is 0.0943. The summed E-state index contributed by atoms with van der Waals surface area (Å²) in [6, 6.07) is 7.92. The zero-order valence-corrected chi connectivity index (χ0v) is 14.8. The van der Waals surface area contributed by atoms with Crippen LogP contribution in [0.4, 0.5) is 0 Å². The van der Waals surface area contributed by atoms with Crippen LogP contribution in [-0.4, -0.2) is 43.5 Å². The molecule has 0 unspecified atom stereocenters. The number of hydrogen-bond acceptors (Lipinski definition) is 4.